The molecule has 0 aromatic heterocycles. The van der Waals surface area contributed by atoms with E-state index in [4.69, 9.17) is 13.9 Å². The summed E-state index contributed by atoms with van der Waals surface area (Å²) in [5.74, 6) is -0.565. The Morgan fingerprint density at radius 2 is 1.31 bits per heavy atom. The molecular weight excluding hydrogens is 412 g/mol. The maximum Gasteiger partial charge on any atom is 0.261 e. The molecule has 32 heavy (non-hydrogen) atoms. The van der Waals surface area contributed by atoms with Crippen LogP contribution in [-0.2, 0) is 33.7 Å². The largest absolute Gasteiger partial charge is 0.403 e. The van der Waals surface area contributed by atoms with Crippen molar-refractivity contribution in [1.29, 1.82) is 0 Å². The first-order valence-corrected chi connectivity index (χ1v) is 13.3. The van der Waals surface area contributed by atoms with Crippen molar-refractivity contribution in [1.82, 2.24) is 0 Å². The fraction of sp³-hybridized carbons (Fsp3) is 0.357. The van der Waals surface area contributed by atoms with Gasteiger partial charge in [-0.05, 0) is 45.9 Å². The summed E-state index contributed by atoms with van der Waals surface area (Å²) in [4.78, 5) is 0. The van der Waals surface area contributed by atoms with Gasteiger partial charge >= 0.3 is 0 Å². The number of fused-ring (bicyclic) bond motifs is 1. The minimum Gasteiger partial charge on any atom is -0.403 e. The molecule has 0 saturated carbocycles. The molecule has 3 aromatic carbocycles. The highest BCUT2D eigenvalue weighted by molar-refractivity contribution is 6.99. The predicted molar refractivity (Wildman–Crippen MR) is 133 cm³/mol. The average Bonchev–Trinajstić information content (AvgIpc) is 2.93. The highest BCUT2D eigenvalue weighted by Crippen LogP contribution is 2.37. The molecule has 1 aliphatic rings. The van der Waals surface area contributed by atoms with Gasteiger partial charge < -0.3 is 13.9 Å². The van der Waals surface area contributed by atoms with Crippen molar-refractivity contribution < 1.29 is 13.9 Å². The van der Waals surface area contributed by atoms with Crippen LogP contribution in [0.25, 0.3) is 0 Å². The van der Waals surface area contributed by atoms with Crippen molar-refractivity contribution in [2.75, 3.05) is 0 Å². The van der Waals surface area contributed by atoms with E-state index in [-0.39, 0.29) is 5.04 Å². The molecule has 0 bridgehead atoms. The summed E-state index contributed by atoms with van der Waals surface area (Å²) in [7, 11) is -2.56. The maximum absolute atomic E-state index is 7.08. The van der Waals surface area contributed by atoms with E-state index in [9.17, 15) is 0 Å². The minimum atomic E-state index is -2.56. The average molecular weight is 447 g/mol. The lowest BCUT2D eigenvalue weighted by atomic mass is 10.1. The van der Waals surface area contributed by atoms with Gasteiger partial charge in [-0.2, -0.15) is 0 Å². The number of ether oxygens (including phenoxy) is 2. The molecule has 0 amide bonds. The Balaban J connectivity index is 1.70. The minimum absolute atomic E-state index is 0.0393. The van der Waals surface area contributed by atoms with Crippen molar-refractivity contribution in [3.05, 3.63) is 95.6 Å². The van der Waals surface area contributed by atoms with Crippen molar-refractivity contribution in [3.63, 3.8) is 0 Å². The van der Waals surface area contributed by atoms with E-state index in [0.29, 0.717) is 19.8 Å². The van der Waals surface area contributed by atoms with Crippen LogP contribution in [0.4, 0.5) is 0 Å². The van der Waals surface area contributed by atoms with Gasteiger partial charge in [0.1, 0.15) is 0 Å². The Labute approximate surface area is 193 Å². The molecule has 0 fully saturated rings. The normalized spacial score (nSPS) is 16.3. The molecule has 4 rings (SSSR count). The first-order valence-electron chi connectivity index (χ1n) is 11.3. The zero-order valence-electron chi connectivity index (χ0n) is 19.9. The van der Waals surface area contributed by atoms with Crippen LogP contribution in [0.15, 0.2) is 78.9 Å². The van der Waals surface area contributed by atoms with Crippen molar-refractivity contribution in [2.24, 2.45) is 0 Å². The van der Waals surface area contributed by atoms with Gasteiger partial charge in [0.05, 0.1) is 19.8 Å². The second-order valence-electron chi connectivity index (χ2n) is 10.0. The number of hydrogen-bond acceptors (Lipinski definition) is 3. The van der Waals surface area contributed by atoms with Gasteiger partial charge in [-0.25, -0.2) is 0 Å². The van der Waals surface area contributed by atoms with Gasteiger partial charge in [-0.1, -0.05) is 99.6 Å². The summed E-state index contributed by atoms with van der Waals surface area (Å²) in [6.45, 7) is 12.5. The van der Waals surface area contributed by atoms with Gasteiger partial charge in [0.25, 0.3) is 8.32 Å². The predicted octanol–water partition coefficient (Wildman–Crippen LogP) is 5.55. The van der Waals surface area contributed by atoms with E-state index >= 15 is 0 Å². The lowest BCUT2D eigenvalue weighted by molar-refractivity contribution is -0.219. The van der Waals surface area contributed by atoms with Crippen molar-refractivity contribution in [3.8, 4) is 0 Å². The summed E-state index contributed by atoms with van der Waals surface area (Å²) in [6, 6.07) is 28.1. The topological polar surface area (TPSA) is 27.7 Å². The second-order valence-corrected chi connectivity index (χ2v) is 14.3. The molecule has 4 heteroatoms. The molecule has 0 atom stereocenters. The standard InChI is InChI=1S/C28H34O3Si/c1-27(2,3)32(25-12-8-6-9-13-25,26-14-10-7-11-15-26)31-19-22-16-17-23-20-29-28(4,5)30-21-24(23)18-22/h6-18H,19-21H2,1-5H3. The van der Waals surface area contributed by atoms with Gasteiger partial charge in [0.2, 0.25) is 0 Å². The third-order valence-corrected chi connectivity index (χ3v) is 11.3. The van der Waals surface area contributed by atoms with Gasteiger partial charge in [-0.15, -0.1) is 0 Å². The van der Waals surface area contributed by atoms with Crippen LogP contribution >= 0.6 is 0 Å². The Hall–Kier alpha value is -2.24. The molecule has 3 aromatic rings. The monoisotopic (exact) mass is 446 g/mol. The number of rotatable bonds is 5. The molecule has 3 nitrogen and oxygen atoms in total. The summed E-state index contributed by atoms with van der Waals surface area (Å²) in [5, 5.41) is 2.56. The molecule has 0 radical (unpaired) electrons. The van der Waals surface area contributed by atoms with Crippen LogP contribution in [0, 0.1) is 0 Å². The molecule has 1 aliphatic heterocycles. The summed E-state index contributed by atoms with van der Waals surface area (Å²) < 4.78 is 18.9. The zero-order chi connectivity index (χ0) is 22.8. The molecule has 168 valence electrons. The number of hydrogen-bond donors (Lipinski definition) is 0. The summed E-state index contributed by atoms with van der Waals surface area (Å²) in [5.41, 5.74) is 3.53. The summed E-state index contributed by atoms with van der Waals surface area (Å²) >= 11 is 0. The van der Waals surface area contributed by atoms with E-state index in [0.717, 1.165) is 0 Å². The highest BCUT2D eigenvalue weighted by atomic mass is 28.4. The van der Waals surface area contributed by atoms with Crippen molar-refractivity contribution in [2.45, 2.75) is 65.3 Å². The van der Waals surface area contributed by atoms with Gasteiger partial charge in [-0.3, -0.25) is 0 Å². The van der Waals surface area contributed by atoms with Gasteiger partial charge in [0, 0.05) is 0 Å². The van der Waals surface area contributed by atoms with E-state index in [1.165, 1.54) is 27.1 Å². The van der Waals surface area contributed by atoms with Gasteiger partial charge in [0.15, 0.2) is 5.79 Å². The third-order valence-electron chi connectivity index (χ3n) is 6.29. The van der Waals surface area contributed by atoms with Crippen LogP contribution in [0.5, 0.6) is 0 Å². The zero-order valence-corrected chi connectivity index (χ0v) is 20.9. The molecule has 0 unspecified atom stereocenters. The van der Waals surface area contributed by atoms with Crippen LogP contribution < -0.4 is 10.4 Å². The number of benzene rings is 3. The smallest absolute Gasteiger partial charge is 0.261 e. The van der Waals surface area contributed by atoms with Crippen molar-refractivity contribution >= 4 is 18.7 Å². The Kier molecular flexibility index (Phi) is 6.41. The maximum atomic E-state index is 7.08. The van der Waals surface area contributed by atoms with Crippen LogP contribution in [0.3, 0.4) is 0 Å². The lowest BCUT2D eigenvalue weighted by Gasteiger charge is -2.43. The second kappa shape index (κ2) is 8.95. The molecule has 0 N–H and O–H groups in total. The van der Waals surface area contributed by atoms with Crippen LogP contribution in [0.1, 0.15) is 51.3 Å². The summed E-state index contributed by atoms with van der Waals surface area (Å²) in [6.07, 6.45) is 0. The molecule has 0 aliphatic carbocycles. The first kappa shape index (κ1) is 22.9. The van der Waals surface area contributed by atoms with Crippen LogP contribution in [-0.4, -0.2) is 14.1 Å². The van der Waals surface area contributed by atoms with Crippen LogP contribution in [0.2, 0.25) is 5.04 Å². The first-order chi connectivity index (χ1) is 15.2. The van der Waals surface area contributed by atoms with E-state index in [1.54, 1.807) is 0 Å². The Bertz CT molecular complexity index is 1000. The fourth-order valence-corrected chi connectivity index (χ4v) is 9.08. The van der Waals surface area contributed by atoms with E-state index < -0.39 is 14.1 Å². The lowest BCUT2D eigenvalue weighted by Crippen LogP contribution is -2.66. The third kappa shape index (κ3) is 4.60. The fourth-order valence-electron chi connectivity index (χ4n) is 4.54. The Morgan fingerprint density at radius 3 is 1.84 bits per heavy atom. The Morgan fingerprint density at radius 1 is 0.781 bits per heavy atom. The SMILES string of the molecule is CC1(C)OCc2ccc(CO[Si](c3ccccc3)(c3ccccc3)C(C)(C)C)cc2CO1. The highest BCUT2D eigenvalue weighted by Gasteiger charge is 2.50. The van der Waals surface area contributed by atoms with E-state index in [2.05, 4.69) is 99.6 Å². The molecule has 0 saturated heterocycles. The van der Waals surface area contributed by atoms with E-state index in [1.807, 2.05) is 13.8 Å². The molecule has 0 spiro atoms. The molecular formula is C28H34O3Si. The molecule has 1 heterocycles. The quantitative estimate of drug-likeness (QED) is 0.481.